The first kappa shape index (κ1) is 11.8. The van der Waals surface area contributed by atoms with E-state index in [1.54, 1.807) is 0 Å². The highest BCUT2D eigenvalue weighted by Crippen LogP contribution is 2.30. The van der Waals surface area contributed by atoms with Crippen molar-refractivity contribution in [3.63, 3.8) is 0 Å². The molecule has 0 spiro atoms. The van der Waals surface area contributed by atoms with Crippen LogP contribution in [0, 0.1) is 0 Å². The van der Waals surface area contributed by atoms with E-state index in [-0.39, 0.29) is 0 Å². The molecule has 0 saturated carbocycles. The Morgan fingerprint density at radius 2 is 1.56 bits per heavy atom. The highest BCUT2D eigenvalue weighted by Gasteiger charge is 2.05. The van der Waals surface area contributed by atoms with E-state index in [1.807, 2.05) is 6.92 Å². The van der Waals surface area contributed by atoms with E-state index in [1.165, 1.54) is 0 Å². The van der Waals surface area contributed by atoms with Gasteiger partial charge < -0.3 is 21.3 Å². The van der Waals surface area contributed by atoms with Gasteiger partial charge in [0.1, 0.15) is 0 Å². The molecule has 9 heavy (non-hydrogen) atoms. The molecule has 0 aliphatic carbocycles. The lowest BCUT2D eigenvalue weighted by molar-refractivity contribution is 0.374. The van der Waals surface area contributed by atoms with Gasteiger partial charge in [-0.15, -0.1) is 0 Å². The van der Waals surface area contributed by atoms with Crippen LogP contribution in [0.1, 0.15) is 6.92 Å². The van der Waals surface area contributed by atoms with E-state index in [2.05, 4.69) is 5.73 Å². The molecule has 0 bridgehead atoms. The fourth-order valence-corrected chi connectivity index (χ4v) is 0. The normalized spacial score (nSPS) is 9.89. The maximum absolute atomic E-state index is 9.57. The SMILES string of the molecule is CCN.NCP(=O)(O)O. The second-order valence-corrected chi connectivity index (χ2v) is 2.95. The predicted octanol–water partition coefficient (Wildman–Crippen LogP) is -0.955. The summed E-state index contributed by atoms with van der Waals surface area (Å²) in [7, 11) is -3.87. The number of nitrogens with two attached hydrogens (primary N) is 2. The molecule has 0 saturated heterocycles. The maximum atomic E-state index is 9.57. The quantitative estimate of drug-likeness (QED) is 0.366. The molecule has 0 rings (SSSR count). The van der Waals surface area contributed by atoms with Crippen LogP contribution in [0.5, 0.6) is 0 Å². The van der Waals surface area contributed by atoms with Gasteiger partial charge in [-0.05, 0) is 6.54 Å². The third kappa shape index (κ3) is 31.5. The van der Waals surface area contributed by atoms with Crippen molar-refractivity contribution in [2.24, 2.45) is 11.5 Å². The Labute approximate surface area is 54.2 Å². The van der Waals surface area contributed by atoms with Gasteiger partial charge in [0.2, 0.25) is 0 Å². The highest BCUT2D eigenvalue weighted by molar-refractivity contribution is 7.51. The molecule has 0 aliphatic heterocycles. The molecule has 0 atom stereocenters. The average molecular weight is 156 g/mol. The Balaban J connectivity index is 0. The Morgan fingerprint density at radius 1 is 1.44 bits per heavy atom. The van der Waals surface area contributed by atoms with Crippen molar-refractivity contribution < 1.29 is 14.4 Å². The lowest BCUT2D eigenvalue weighted by Gasteiger charge is -1.92. The van der Waals surface area contributed by atoms with Gasteiger partial charge >= 0.3 is 7.60 Å². The summed E-state index contributed by atoms with van der Waals surface area (Å²) in [5, 5.41) is 0. The van der Waals surface area contributed by atoms with Crippen LogP contribution in [0.25, 0.3) is 0 Å². The summed E-state index contributed by atoms with van der Waals surface area (Å²) < 4.78 is 9.57. The lowest BCUT2D eigenvalue weighted by atomic mass is 10.8. The third-order valence-corrected chi connectivity index (χ3v) is 0.714. The molecule has 6 N–H and O–H groups in total. The minimum Gasteiger partial charge on any atom is -0.331 e. The van der Waals surface area contributed by atoms with Crippen molar-refractivity contribution in [1.82, 2.24) is 0 Å². The molecule has 0 aromatic heterocycles. The molecule has 0 amide bonds. The Bertz CT molecular complexity index is 91.1. The van der Waals surface area contributed by atoms with E-state index in [0.717, 1.165) is 6.54 Å². The molecule has 0 radical (unpaired) electrons. The van der Waals surface area contributed by atoms with Crippen LogP contribution in [0.4, 0.5) is 0 Å². The summed E-state index contributed by atoms with van der Waals surface area (Å²) in [6.45, 7) is 2.65. The van der Waals surface area contributed by atoms with Gasteiger partial charge in [-0.1, -0.05) is 6.92 Å². The third-order valence-electron chi connectivity index (χ3n) is 0.238. The van der Waals surface area contributed by atoms with E-state index >= 15 is 0 Å². The second-order valence-electron chi connectivity index (χ2n) is 1.26. The van der Waals surface area contributed by atoms with Gasteiger partial charge in [-0.2, -0.15) is 0 Å². The molecule has 0 fully saturated rings. The minimum absolute atomic E-state index is 0.562. The standard InChI is InChI=1S/C2H7N.CH6NO3P/c1-2-3;2-1-6(3,4)5/h2-3H2,1H3;1-2H2,(H2,3,4,5). The van der Waals surface area contributed by atoms with Crippen molar-refractivity contribution in [2.75, 3.05) is 12.8 Å². The van der Waals surface area contributed by atoms with Crippen molar-refractivity contribution in [3.05, 3.63) is 0 Å². The van der Waals surface area contributed by atoms with Crippen LogP contribution in [0.15, 0.2) is 0 Å². The molecule has 58 valence electrons. The smallest absolute Gasteiger partial charge is 0.331 e. The van der Waals surface area contributed by atoms with Crippen LogP contribution in [0.3, 0.4) is 0 Å². The summed E-state index contributed by atoms with van der Waals surface area (Å²) in [6.07, 6.45) is -0.562. The molecule has 0 aliphatic rings. The topological polar surface area (TPSA) is 110 Å². The second kappa shape index (κ2) is 6.19. The Kier molecular flexibility index (Phi) is 8.13. The fourth-order valence-electron chi connectivity index (χ4n) is 0. The van der Waals surface area contributed by atoms with Crippen molar-refractivity contribution in [3.8, 4) is 0 Å². The first-order chi connectivity index (χ1) is 3.97. The molecule has 0 heterocycles. The van der Waals surface area contributed by atoms with Crippen LogP contribution in [-0.4, -0.2) is 22.6 Å². The Hall–Kier alpha value is 0.0700. The van der Waals surface area contributed by atoms with E-state index in [0.29, 0.717) is 0 Å². The van der Waals surface area contributed by atoms with Crippen molar-refractivity contribution in [1.29, 1.82) is 0 Å². The molecule has 0 aromatic carbocycles. The van der Waals surface area contributed by atoms with Crippen LogP contribution in [-0.2, 0) is 4.57 Å². The molecule has 0 aromatic rings. The summed E-state index contributed by atoms with van der Waals surface area (Å²) in [5.41, 5.74) is 9.39. The van der Waals surface area contributed by atoms with Gasteiger partial charge in [-0.3, -0.25) is 4.57 Å². The summed E-state index contributed by atoms with van der Waals surface area (Å²) in [6, 6.07) is 0. The van der Waals surface area contributed by atoms with E-state index in [9.17, 15) is 4.57 Å². The zero-order valence-electron chi connectivity index (χ0n) is 5.32. The van der Waals surface area contributed by atoms with Gasteiger partial charge in [-0.25, -0.2) is 0 Å². The van der Waals surface area contributed by atoms with Crippen LogP contribution < -0.4 is 11.5 Å². The zero-order valence-corrected chi connectivity index (χ0v) is 6.21. The maximum Gasteiger partial charge on any atom is 0.338 e. The molecular formula is C3H13N2O3P. The van der Waals surface area contributed by atoms with Gasteiger partial charge in [0, 0.05) is 0 Å². The minimum atomic E-state index is -3.87. The largest absolute Gasteiger partial charge is 0.338 e. The average Bonchev–Trinajstić information content (AvgIpc) is 1.67. The van der Waals surface area contributed by atoms with Crippen molar-refractivity contribution in [2.45, 2.75) is 6.92 Å². The first-order valence-corrected chi connectivity index (χ1v) is 4.22. The van der Waals surface area contributed by atoms with Crippen molar-refractivity contribution >= 4 is 7.60 Å². The van der Waals surface area contributed by atoms with Gasteiger partial charge in [0.05, 0.1) is 6.29 Å². The summed E-state index contributed by atoms with van der Waals surface area (Å²) in [5.74, 6) is 0. The molecular weight excluding hydrogens is 143 g/mol. The fraction of sp³-hybridized carbons (Fsp3) is 1.00. The monoisotopic (exact) mass is 156 g/mol. The Morgan fingerprint density at radius 3 is 1.56 bits per heavy atom. The summed E-state index contributed by atoms with van der Waals surface area (Å²) in [4.78, 5) is 15.6. The number of rotatable bonds is 1. The van der Waals surface area contributed by atoms with E-state index < -0.39 is 13.9 Å². The number of hydrogen-bond acceptors (Lipinski definition) is 3. The van der Waals surface area contributed by atoms with E-state index in [4.69, 9.17) is 15.5 Å². The zero-order chi connectivity index (χ0) is 7.91. The predicted molar refractivity (Wildman–Crippen MR) is 35.8 cm³/mol. The van der Waals surface area contributed by atoms with Gasteiger partial charge in [0.25, 0.3) is 0 Å². The molecule has 6 heteroatoms. The highest BCUT2D eigenvalue weighted by atomic mass is 31.2. The molecule has 5 nitrogen and oxygen atoms in total. The summed E-state index contributed by atoms with van der Waals surface area (Å²) >= 11 is 0. The lowest BCUT2D eigenvalue weighted by Crippen LogP contribution is -1.97. The number of hydrogen-bond donors (Lipinski definition) is 4. The molecule has 0 unspecified atom stereocenters. The van der Waals surface area contributed by atoms with Crippen LogP contribution >= 0.6 is 7.60 Å². The van der Waals surface area contributed by atoms with Crippen LogP contribution in [0.2, 0.25) is 0 Å². The van der Waals surface area contributed by atoms with Gasteiger partial charge in [0.15, 0.2) is 0 Å². The first-order valence-electron chi connectivity index (χ1n) is 2.42.